The number of aromatic amines is 1. The summed E-state index contributed by atoms with van der Waals surface area (Å²) in [6, 6.07) is 12.1. The number of oxazole rings is 1. The lowest BCUT2D eigenvalue weighted by molar-refractivity contribution is -0.111. The number of amides is 1. The van der Waals surface area contributed by atoms with Crippen LogP contribution in [0.1, 0.15) is 5.56 Å². The van der Waals surface area contributed by atoms with Gasteiger partial charge in [0.05, 0.1) is 5.52 Å². The summed E-state index contributed by atoms with van der Waals surface area (Å²) in [5.41, 5.74) is 2.36. The van der Waals surface area contributed by atoms with Crippen molar-refractivity contribution in [1.29, 1.82) is 0 Å². The number of aromatic nitrogens is 1. The van der Waals surface area contributed by atoms with Gasteiger partial charge < -0.3 is 9.73 Å². The number of fused-ring (bicyclic) bond motifs is 1. The normalized spacial score (nSPS) is 11.1. The number of hydrogen-bond acceptors (Lipinski definition) is 3. The molecule has 1 aromatic heterocycles. The third kappa shape index (κ3) is 3.27. The van der Waals surface area contributed by atoms with Crippen molar-refractivity contribution in [3.63, 3.8) is 0 Å². The van der Waals surface area contributed by atoms with Crippen molar-refractivity contribution in [2.45, 2.75) is 0 Å². The second kappa shape index (κ2) is 5.91. The fourth-order valence-electron chi connectivity index (χ4n) is 2.00. The van der Waals surface area contributed by atoms with Gasteiger partial charge in [0.1, 0.15) is 0 Å². The summed E-state index contributed by atoms with van der Waals surface area (Å²) in [6.07, 6.45) is 3.08. The predicted octanol–water partition coefficient (Wildman–Crippen LogP) is 3.43. The second-order valence-electron chi connectivity index (χ2n) is 4.60. The second-order valence-corrected chi connectivity index (χ2v) is 5.04. The Balaban J connectivity index is 1.73. The topological polar surface area (TPSA) is 75.1 Å². The Bertz CT molecular complexity index is 924. The van der Waals surface area contributed by atoms with E-state index in [1.54, 1.807) is 36.4 Å². The minimum Gasteiger partial charge on any atom is -0.408 e. The first kappa shape index (κ1) is 14.2. The Morgan fingerprint density at radius 2 is 2.09 bits per heavy atom. The molecule has 0 saturated heterocycles. The van der Waals surface area contributed by atoms with Crippen LogP contribution in [-0.2, 0) is 4.79 Å². The average Bonchev–Trinajstić information content (AvgIpc) is 2.84. The first-order valence-corrected chi connectivity index (χ1v) is 6.85. The van der Waals surface area contributed by atoms with Crippen molar-refractivity contribution in [2.24, 2.45) is 0 Å². The van der Waals surface area contributed by atoms with Gasteiger partial charge in [-0.15, -0.1) is 0 Å². The molecule has 110 valence electrons. The molecular weight excluding hydrogens is 304 g/mol. The first-order chi connectivity index (χ1) is 10.6. The van der Waals surface area contributed by atoms with Crippen LogP contribution in [0.25, 0.3) is 17.2 Å². The van der Waals surface area contributed by atoms with Crippen molar-refractivity contribution in [1.82, 2.24) is 4.98 Å². The summed E-state index contributed by atoms with van der Waals surface area (Å²) in [6.45, 7) is 0. The average molecular weight is 315 g/mol. The van der Waals surface area contributed by atoms with E-state index in [4.69, 9.17) is 16.0 Å². The van der Waals surface area contributed by atoms with Crippen LogP contribution < -0.4 is 11.1 Å². The van der Waals surface area contributed by atoms with E-state index in [0.29, 0.717) is 21.8 Å². The molecule has 0 atom stereocenters. The number of hydrogen-bond donors (Lipinski definition) is 2. The van der Waals surface area contributed by atoms with Crippen LogP contribution in [0.3, 0.4) is 0 Å². The molecule has 1 heterocycles. The molecule has 0 aliphatic carbocycles. The summed E-state index contributed by atoms with van der Waals surface area (Å²) in [5, 5.41) is 3.31. The predicted molar refractivity (Wildman–Crippen MR) is 86.0 cm³/mol. The fourth-order valence-corrected chi connectivity index (χ4v) is 2.19. The molecular formula is C16H11ClN2O3. The van der Waals surface area contributed by atoms with Gasteiger partial charge >= 0.3 is 5.76 Å². The minimum atomic E-state index is -0.528. The summed E-state index contributed by atoms with van der Waals surface area (Å²) in [4.78, 5) is 25.5. The number of halogens is 1. The molecule has 1 amide bonds. The van der Waals surface area contributed by atoms with E-state index in [2.05, 4.69) is 10.3 Å². The molecule has 6 heteroatoms. The fraction of sp³-hybridized carbons (Fsp3) is 0. The van der Waals surface area contributed by atoms with E-state index in [1.807, 2.05) is 12.1 Å². The lowest BCUT2D eigenvalue weighted by Gasteiger charge is -2.01. The summed E-state index contributed by atoms with van der Waals surface area (Å²) in [5.74, 6) is -0.815. The summed E-state index contributed by atoms with van der Waals surface area (Å²) < 4.78 is 4.89. The van der Waals surface area contributed by atoms with Gasteiger partial charge in [-0.1, -0.05) is 23.7 Å². The number of H-pyrrole nitrogens is 1. The van der Waals surface area contributed by atoms with Gasteiger partial charge in [0.2, 0.25) is 5.91 Å². The van der Waals surface area contributed by atoms with Gasteiger partial charge in [0, 0.05) is 16.8 Å². The zero-order chi connectivity index (χ0) is 15.5. The zero-order valence-corrected chi connectivity index (χ0v) is 12.1. The number of benzene rings is 2. The van der Waals surface area contributed by atoms with Crippen molar-refractivity contribution < 1.29 is 9.21 Å². The van der Waals surface area contributed by atoms with Gasteiger partial charge in [-0.3, -0.25) is 9.78 Å². The van der Waals surface area contributed by atoms with E-state index >= 15 is 0 Å². The van der Waals surface area contributed by atoms with Gasteiger partial charge in [-0.05, 0) is 42.0 Å². The molecule has 2 aromatic carbocycles. The highest BCUT2D eigenvalue weighted by Gasteiger charge is 2.03. The van der Waals surface area contributed by atoms with Crippen molar-refractivity contribution >= 4 is 40.4 Å². The Kier molecular flexibility index (Phi) is 3.80. The van der Waals surface area contributed by atoms with Gasteiger partial charge in [-0.2, -0.15) is 0 Å². The monoisotopic (exact) mass is 314 g/mol. The molecule has 22 heavy (non-hydrogen) atoms. The van der Waals surface area contributed by atoms with E-state index < -0.39 is 5.76 Å². The Hall–Kier alpha value is -2.79. The summed E-state index contributed by atoms with van der Waals surface area (Å²) >= 11 is 5.88. The third-order valence-corrected chi connectivity index (χ3v) is 3.20. The van der Waals surface area contributed by atoms with Gasteiger partial charge in [-0.25, -0.2) is 4.79 Å². The van der Waals surface area contributed by atoms with Crippen molar-refractivity contribution in [3.05, 3.63) is 69.7 Å². The van der Waals surface area contributed by atoms with Crippen LogP contribution in [-0.4, -0.2) is 10.9 Å². The molecule has 0 bridgehead atoms. The van der Waals surface area contributed by atoms with Crippen LogP contribution in [0.4, 0.5) is 5.69 Å². The quantitative estimate of drug-likeness (QED) is 0.727. The molecule has 0 aliphatic rings. The number of anilines is 1. The van der Waals surface area contributed by atoms with Crippen LogP contribution in [0.2, 0.25) is 5.02 Å². The molecule has 3 rings (SSSR count). The number of rotatable bonds is 3. The van der Waals surface area contributed by atoms with Crippen LogP contribution in [0.15, 0.2) is 57.8 Å². The summed E-state index contributed by atoms with van der Waals surface area (Å²) in [7, 11) is 0. The van der Waals surface area contributed by atoms with E-state index in [0.717, 1.165) is 5.56 Å². The molecule has 0 spiro atoms. The molecule has 3 aromatic rings. The zero-order valence-electron chi connectivity index (χ0n) is 11.3. The SMILES string of the molecule is O=C(/C=C/c1cccc(Cl)c1)Nc1ccc2oc(=O)[nH]c2c1. The molecule has 0 unspecified atom stereocenters. The molecule has 2 N–H and O–H groups in total. The maximum Gasteiger partial charge on any atom is 0.417 e. The minimum absolute atomic E-state index is 0.287. The van der Waals surface area contributed by atoms with Gasteiger partial charge in [0.25, 0.3) is 0 Å². The highest BCUT2D eigenvalue weighted by atomic mass is 35.5. The maximum absolute atomic E-state index is 11.9. The first-order valence-electron chi connectivity index (χ1n) is 6.48. The number of carbonyl (C=O) groups is 1. The highest BCUT2D eigenvalue weighted by molar-refractivity contribution is 6.30. The van der Waals surface area contributed by atoms with Crippen molar-refractivity contribution in [2.75, 3.05) is 5.32 Å². The van der Waals surface area contributed by atoms with Gasteiger partial charge in [0.15, 0.2) is 5.58 Å². The number of nitrogens with one attached hydrogen (secondary N) is 2. The van der Waals surface area contributed by atoms with E-state index in [1.165, 1.54) is 6.08 Å². The largest absolute Gasteiger partial charge is 0.417 e. The van der Waals surface area contributed by atoms with Crippen LogP contribution in [0.5, 0.6) is 0 Å². The maximum atomic E-state index is 11.9. The number of carbonyl (C=O) groups excluding carboxylic acids is 1. The lowest BCUT2D eigenvalue weighted by atomic mass is 10.2. The Morgan fingerprint density at radius 1 is 1.23 bits per heavy atom. The highest BCUT2D eigenvalue weighted by Crippen LogP contribution is 2.16. The molecule has 0 saturated carbocycles. The molecule has 0 radical (unpaired) electrons. The van der Waals surface area contributed by atoms with E-state index in [9.17, 15) is 9.59 Å². The van der Waals surface area contributed by atoms with E-state index in [-0.39, 0.29) is 5.91 Å². The molecule has 0 aliphatic heterocycles. The third-order valence-electron chi connectivity index (χ3n) is 2.96. The smallest absolute Gasteiger partial charge is 0.408 e. The Morgan fingerprint density at radius 3 is 2.91 bits per heavy atom. The molecule has 0 fully saturated rings. The lowest BCUT2D eigenvalue weighted by Crippen LogP contribution is -2.07. The van der Waals surface area contributed by atoms with Crippen LogP contribution >= 0.6 is 11.6 Å². The molecule has 5 nitrogen and oxygen atoms in total. The van der Waals surface area contributed by atoms with Crippen LogP contribution in [0, 0.1) is 0 Å². The Labute approximate surface area is 130 Å². The van der Waals surface area contributed by atoms with Crippen molar-refractivity contribution in [3.8, 4) is 0 Å². The standard InChI is InChI=1S/C16H11ClN2O3/c17-11-3-1-2-10(8-11)4-7-15(20)18-12-5-6-14-13(9-12)19-16(21)22-14/h1-9H,(H,18,20)(H,19,21)/b7-4+.